The molecule has 0 saturated heterocycles. The number of aryl methyl sites for hydroxylation is 2. The minimum absolute atomic E-state index is 0.623. The first-order chi connectivity index (χ1) is 5.69. The maximum atomic E-state index is 8.62. The Morgan fingerprint density at radius 3 is 2.17 bits per heavy atom. The Kier molecular flexibility index (Phi) is 2.12. The lowest BCUT2D eigenvalue weighted by molar-refractivity contribution is 1.37. The largest absolute Gasteiger partial charge is 0.238 e. The van der Waals surface area contributed by atoms with Gasteiger partial charge < -0.3 is 0 Å². The van der Waals surface area contributed by atoms with Crippen LogP contribution in [0.2, 0.25) is 0 Å². The molecule has 12 heavy (non-hydrogen) atoms. The maximum absolute atomic E-state index is 8.62. The van der Waals surface area contributed by atoms with Gasteiger partial charge in [-0.2, -0.15) is 5.26 Å². The van der Waals surface area contributed by atoms with Crippen LogP contribution < -0.4 is 0 Å². The minimum atomic E-state index is 0.623. The zero-order chi connectivity index (χ0) is 9.14. The fourth-order valence-electron chi connectivity index (χ4n) is 1.20. The average molecular weight is 156 g/mol. The molecule has 0 atom stereocenters. The third-order valence-electron chi connectivity index (χ3n) is 1.73. The van der Waals surface area contributed by atoms with E-state index in [2.05, 4.69) is 10.9 Å². The average Bonchev–Trinajstić information content (AvgIpc) is 2.03. The zero-order valence-electron chi connectivity index (χ0n) is 7.05. The Balaban J connectivity index is 3.43. The van der Waals surface area contributed by atoms with Crippen molar-refractivity contribution >= 4 is 5.69 Å². The van der Waals surface area contributed by atoms with Gasteiger partial charge in [-0.25, -0.2) is 4.85 Å². The lowest BCUT2D eigenvalue weighted by atomic mass is 10.1. The predicted octanol–water partition coefficient (Wildman–Crippen LogP) is 2.73. The van der Waals surface area contributed by atoms with Gasteiger partial charge in [-0.1, -0.05) is 12.1 Å². The van der Waals surface area contributed by atoms with Crippen molar-refractivity contribution in [3.8, 4) is 6.07 Å². The molecule has 0 aliphatic rings. The summed E-state index contributed by atoms with van der Waals surface area (Å²) in [5, 5.41) is 8.62. The lowest BCUT2D eigenvalue weighted by Gasteiger charge is -2.01. The summed E-state index contributed by atoms with van der Waals surface area (Å²) in [5.41, 5.74) is 3.04. The van der Waals surface area contributed by atoms with E-state index in [0.29, 0.717) is 11.3 Å². The highest BCUT2D eigenvalue weighted by Gasteiger charge is 2.03. The fraction of sp³-hybridized carbons (Fsp3) is 0.200. The standard InChI is InChI=1S/C10H8N2/c1-7-4-9(6-11)5-8(2)10(7)12-3/h4-5H,1-2H3. The van der Waals surface area contributed by atoms with Gasteiger partial charge in [-0.05, 0) is 25.0 Å². The second-order valence-electron chi connectivity index (χ2n) is 2.68. The van der Waals surface area contributed by atoms with Crippen LogP contribution in [0.1, 0.15) is 16.7 Å². The zero-order valence-corrected chi connectivity index (χ0v) is 7.05. The Bertz CT molecular complexity index is 368. The van der Waals surface area contributed by atoms with Crippen LogP contribution in [-0.4, -0.2) is 0 Å². The summed E-state index contributed by atoms with van der Waals surface area (Å²) in [4.78, 5) is 3.39. The molecule has 2 heteroatoms. The van der Waals surface area contributed by atoms with Crippen molar-refractivity contribution in [2.24, 2.45) is 0 Å². The van der Waals surface area contributed by atoms with E-state index in [-0.39, 0.29) is 0 Å². The van der Waals surface area contributed by atoms with Gasteiger partial charge in [-0.3, -0.25) is 0 Å². The molecule has 1 aromatic rings. The molecule has 2 nitrogen and oxygen atoms in total. The summed E-state index contributed by atoms with van der Waals surface area (Å²) in [5.74, 6) is 0. The van der Waals surface area contributed by atoms with Gasteiger partial charge in [0.15, 0.2) is 5.69 Å². The lowest BCUT2D eigenvalue weighted by Crippen LogP contribution is -1.82. The normalized spacial score (nSPS) is 8.67. The van der Waals surface area contributed by atoms with Crippen molar-refractivity contribution in [1.29, 1.82) is 5.26 Å². The van der Waals surface area contributed by atoms with Crippen LogP contribution in [0.15, 0.2) is 12.1 Å². The van der Waals surface area contributed by atoms with Gasteiger partial charge in [-0.15, -0.1) is 0 Å². The maximum Gasteiger partial charge on any atom is 0.193 e. The molecule has 0 amide bonds. The molecule has 0 heterocycles. The van der Waals surface area contributed by atoms with E-state index in [4.69, 9.17) is 11.8 Å². The molecule has 0 N–H and O–H groups in total. The SMILES string of the molecule is [C-]#[N+]c1c(C)cc(C#N)cc1C. The highest BCUT2D eigenvalue weighted by Crippen LogP contribution is 2.24. The van der Waals surface area contributed by atoms with Crippen molar-refractivity contribution in [2.45, 2.75) is 13.8 Å². The van der Waals surface area contributed by atoms with E-state index in [1.54, 1.807) is 12.1 Å². The summed E-state index contributed by atoms with van der Waals surface area (Å²) >= 11 is 0. The molecule has 0 unspecified atom stereocenters. The van der Waals surface area contributed by atoms with Crippen molar-refractivity contribution in [1.82, 2.24) is 0 Å². The van der Waals surface area contributed by atoms with Gasteiger partial charge in [0.25, 0.3) is 0 Å². The molecule has 0 aromatic heterocycles. The van der Waals surface area contributed by atoms with Crippen molar-refractivity contribution in [2.75, 3.05) is 0 Å². The number of rotatable bonds is 0. The minimum Gasteiger partial charge on any atom is -0.238 e. The van der Waals surface area contributed by atoms with Gasteiger partial charge in [0.05, 0.1) is 18.2 Å². The summed E-state index contributed by atoms with van der Waals surface area (Å²) in [6.45, 7) is 10.6. The van der Waals surface area contributed by atoms with Crippen molar-refractivity contribution in [3.63, 3.8) is 0 Å². The smallest absolute Gasteiger partial charge is 0.193 e. The third-order valence-corrected chi connectivity index (χ3v) is 1.73. The van der Waals surface area contributed by atoms with Crippen molar-refractivity contribution < 1.29 is 0 Å². The molecule has 58 valence electrons. The number of nitriles is 1. The number of benzene rings is 1. The quantitative estimate of drug-likeness (QED) is 0.531. The van der Waals surface area contributed by atoms with Crippen LogP contribution in [0.3, 0.4) is 0 Å². The highest BCUT2D eigenvalue weighted by atomic mass is 14.7. The van der Waals surface area contributed by atoms with E-state index in [0.717, 1.165) is 11.1 Å². The van der Waals surface area contributed by atoms with E-state index in [9.17, 15) is 0 Å². The van der Waals surface area contributed by atoms with E-state index in [1.165, 1.54) is 0 Å². The van der Waals surface area contributed by atoms with Crippen LogP contribution in [0.25, 0.3) is 4.85 Å². The Morgan fingerprint density at radius 2 is 1.83 bits per heavy atom. The van der Waals surface area contributed by atoms with Crippen LogP contribution in [-0.2, 0) is 0 Å². The first-order valence-corrected chi connectivity index (χ1v) is 3.58. The van der Waals surface area contributed by atoms with Gasteiger partial charge in [0, 0.05) is 0 Å². The van der Waals surface area contributed by atoms with E-state index >= 15 is 0 Å². The molecule has 0 saturated carbocycles. The number of hydrogen-bond acceptors (Lipinski definition) is 1. The molecular weight excluding hydrogens is 148 g/mol. The molecule has 1 aromatic carbocycles. The second-order valence-corrected chi connectivity index (χ2v) is 2.68. The van der Waals surface area contributed by atoms with Crippen LogP contribution >= 0.6 is 0 Å². The molecule has 0 aliphatic carbocycles. The molecule has 0 aliphatic heterocycles. The van der Waals surface area contributed by atoms with E-state index < -0.39 is 0 Å². The molecule has 0 fully saturated rings. The molecule has 1 rings (SSSR count). The van der Waals surface area contributed by atoms with Gasteiger partial charge in [0.1, 0.15) is 0 Å². The monoisotopic (exact) mass is 156 g/mol. The Morgan fingerprint density at radius 1 is 1.33 bits per heavy atom. The third kappa shape index (κ3) is 1.28. The van der Waals surface area contributed by atoms with Gasteiger partial charge >= 0.3 is 0 Å². The summed E-state index contributed by atoms with van der Waals surface area (Å²) < 4.78 is 0. The molecular formula is C10H8N2. The molecule has 0 bridgehead atoms. The molecule has 0 spiro atoms. The van der Waals surface area contributed by atoms with Gasteiger partial charge in [0.2, 0.25) is 0 Å². The number of hydrogen-bond donors (Lipinski definition) is 0. The van der Waals surface area contributed by atoms with Crippen molar-refractivity contribution in [3.05, 3.63) is 40.2 Å². The topological polar surface area (TPSA) is 28.1 Å². The summed E-state index contributed by atoms with van der Waals surface area (Å²) in [6, 6.07) is 5.53. The fourth-order valence-corrected chi connectivity index (χ4v) is 1.20. The number of nitrogens with zero attached hydrogens (tertiary/aromatic N) is 2. The molecule has 0 radical (unpaired) electrons. The first kappa shape index (κ1) is 8.30. The van der Waals surface area contributed by atoms with Crippen LogP contribution in [0, 0.1) is 31.8 Å². The Hall–Kier alpha value is -1.80. The Labute approximate surface area is 71.9 Å². The summed E-state index contributed by atoms with van der Waals surface area (Å²) in [6.07, 6.45) is 0. The summed E-state index contributed by atoms with van der Waals surface area (Å²) in [7, 11) is 0. The first-order valence-electron chi connectivity index (χ1n) is 3.58. The predicted molar refractivity (Wildman–Crippen MR) is 46.9 cm³/mol. The highest BCUT2D eigenvalue weighted by molar-refractivity contribution is 5.60. The second kappa shape index (κ2) is 3.07. The van der Waals surface area contributed by atoms with E-state index in [1.807, 2.05) is 13.8 Å². The van der Waals surface area contributed by atoms with Crippen LogP contribution in [0.5, 0.6) is 0 Å². The van der Waals surface area contributed by atoms with Crippen LogP contribution in [0.4, 0.5) is 5.69 Å².